The Morgan fingerprint density at radius 1 is 1.19 bits per heavy atom. The fraction of sp³-hybridized carbons (Fsp3) is 0.950. The predicted molar refractivity (Wildman–Crippen MR) is 114 cm³/mol. The first-order valence-electron chi connectivity index (χ1n) is 10.4. The molecule has 0 heterocycles. The molecule has 0 atom stereocenters. The first-order valence-corrected chi connectivity index (χ1v) is 12.5. The smallest absolute Gasteiger partial charge is 0.191 e. The SMILES string of the molecule is CCNC(=NCC(C)(C)CCS(C)(=O)=O)NCC1(CCOCC)CCCC1. The Labute approximate surface area is 166 Å². The maximum absolute atomic E-state index is 11.4. The molecule has 0 unspecified atom stereocenters. The van der Waals surface area contributed by atoms with Gasteiger partial charge in [-0.25, -0.2) is 8.42 Å². The van der Waals surface area contributed by atoms with Crippen LogP contribution in [0.15, 0.2) is 4.99 Å². The van der Waals surface area contributed by atoms with Crippen molar-refractivity contribution in [2.45, 2.75) is 66.2 Å². The molecule has 6 nitrogen and oxygen atoms in total. The molecule has 1 rings (SSSR count). The van der Waals surface area contributed by atoms with Crippen molar-refractivity contribution in [3.63, 3.8) is 0 Å². The van der Waals surface area contributed by atoms with E-state index in [4.69, 9.17) is 9.73 Å². The maximum atomic E-state index is 11.4. The second-order valence-electron chi connectivity index (χ2n) is 8.75. The third-order valence-corrected chi connectivity index (χ3v) is 6.38. The van der Waals surface area contributed by atoms with Crippen LogP contribution in [-0.2, 0) is 14.6 Å². The van der Waals surface area contributed by atoms with Crippen molar-refractivity contribution >= 4 is 15.8 Å². The Balaban J connectivity index is 2.63. The largest absolute Gasteiger partial charge is 0.382 e. The van der Waals surface area contributed by atoms with Crippen LogP contribution in [0.2, 0.25) is 0 Å². The van der Waals surface area contributed by atoms with Gasteiger partial charge in [-0.3, -0.25) is 4.99 Å². The molecule has 0 amide bonds. The zero-order valence-corrected chi connectivity index (χ0v) is 18.9. The van der Waals surface area contributed by atoms with E-state index in [-0.39, 0.29) is 11.2 Å². The van der Waals surface area contributed by atoms with Crippen LogP contribution in [0.1, 0.15) is 66.2 Å². The number of aliphatic imine (C=N–C) groups is 1. The normalized spacial score (nSPS) is 17.9. The topological polar surface area (TPSA) is 79.8 Å². The van der Waals surface area contributed by atoms with E-state index in [9.17, 15) is 8.42 Å². The Morgan fingerprint density at radius 3 is 2.41 bits per heavy atom. The summed E-state index contributed by atoms with van der Waals surface area (Å²) in [5, 5.41) is 6.87. The van der Waals surface area contributed by atoms with Crippen molar-refractivity contribution in [2.75, 3.05) is 44.9 Å². The van der Waals surface area contributed by atoms with E-state index in [1.807, 2.05) is 6.92 Å². The van der Waals surface area contributed by atoms with E-state index < -0.39 is 9.84 Å². The molecule has 0 aromatic carbocycles. The Hall–Kier alpha value is -0.820. The number of sulfone groups is 1. The summed E-state index contributed by atoms with van der Waals surface area (Å²) in [7, 11) is -2.94. The summed E-state index contributed by atoms with van der Waals surface area (Å²) >= 11 is 0. The average Bonchev–Trinajstić information content (AvgIpc) is 3.05. The van der Waals surface area contributed by atoms with Crippen LogP contribution in [0.5, 0.6) is 0 Å². The molecule has 1 aliphatic carbocycles. The van der Waals surface area contributed by atoms with E-state index >= 15 is 0 Å². The van der Waals surface area contributed by atoms with Gasteiger partial charge in [-0.1, -0.05) is 26.7 Å². The molecule has 1 aliphatic rings. The predicted octanol–water partition coefficient (Wildman–Crippen LogP) is 2.99. The lowest BCUT2D eigenvalue weighted by Gasteiger charge is -2.30. The van der Waals surface area contributed by atoms with E-state index in [0.29, 0.717) is 18.4 Å². The van der Waals surface area contributed by atoms with Gasteiger partial charge in [0.1, 0.15) is 9.84 Å². The highest BCUT2D eigenvalue weighted by Gasteiger charge is 2.33. The minimum Gasteiger partial charge on any atom is -0.382 e. The molecule has 0 saturated heterocycles. The summed E-state index contributed by atoms with van der Waals surface area (Å²) in [6.07, 6.45) is 8.07. The molecule has 27 heavy (non-hydrogen) atoms. The number of guanidine groups is 1. The highest BCUT2D eigenvalue weighted by atomic mass is 32.2. The van der Waals surface area contributed by atoms with Crippen molar-refractivity contribution in [2.24, 2.45) is 15.8 Å². The zero-order valence-electron chi connectivity index (χ0n) is 18.1. The quantitative estimate of drug-likeness (QED) is 0.297. The first kappa shape index (κ1) is 24.2. The van der Waals surface area contributed by atoms with Gasteiger partial charge < -0.3 is 15.4 Å². The molecule has 0 aromatic heterocycles. The van der Waals surface area contributed by atoms with Crippen LogP contribution in [0.4, 0.5) is 0 Å². The summed E-state index contributed by atoms with van der Waals surface area (Å²) in [6.45, 7) is 12.2. The summed E-state index contributed by atoms with van der Waals surface area (Å²) < 4.78 is 28.5. The fourth-order valence-corrected chi connectivity index (χ4v) is 4.44. The standard InChI is InChI=1S/C20H41N3O3S/c1-6-21-18(22-16-19(3,4)13-15-27(5,24)25)23-17-20(10-8-9-11-20)12-14-26-7-2/h6-17H2,1-5H3,(H2,21,22,23). The van der Waals surface area contributed by atoms with Gasteiger partial charge in [0.15, 0.2) is 5.96 Å². The van der Waals surface area contributed by atoms with Gasteiger partial charge in [0.25, 0.3) is 0 Å². The van der Waals surface area contributed by atoms with Gasteiger partial charge in [0.2, 0.25) is 0 Å². The minimum absolute atomic E-state index is 0.147. The Kier molecular flexibility index (Phi) is 10.1. The van der Waals surface area contributed by atoms with Gasteiger partial charge in [0, 0.05) is 39.1 Å². The van der Waals surface area contributed by atoms with Crippen LogP contribution in [0.25, 0.3) is 0 Å². The van der Waals surface area contributed by atoms with Crippen molar-refractivity contribution in [3.05, 3.63) is 0 Å². The van der Waals surface area contributed by atoms with E-state index in [2.05, 4.69) is 31.4 Å². The van der Waals surface area contributed by atoms with E-state index in [0.717, 1.165) is 38.7 Å². The number of hydrogen-bond acceptors (Lipinski definition) is 4. The molecule has 0 spiro atoms. The molecule has 1 fully saturated rings. The molecule has 7 heteroatoms. The van der Waals surface area contributed by atoms with Gasteiger partial charge in [0.05, 0.1) is 5.75 Å². The molecule has 0 bridgehead atoms. The molecular formula is C20H41N3O3S. The summed E-state index contributed by atoms with van der Waals surface area (Å²) in [5.41, 5.74) is 0.155. The van der Waals surface area contributed by atoms with Crippen LogP contribution >= 0.6 is 0 Å². The van der Waals surface area contributed by atoms with Crippen LogP contribution < -0.4 is 10.6 Å². The van der Waals surface area contributed by atoms with Crippen LogP contribution in [0, 0.1) is 10.8 Å². The highest BCUT2D eigenvalue weighted by molar-refractivity contribution is 7.90. The lowest BCUT2D eigenvalue weighted by Crippen LogP contribution is -2.44. The summed E-state index contributed by atoms with van der Waals surface area (Å²) in [4.78, 5) is 4.74. The Morgan fingerprint density at radius 2 is 1.85 bits per heavy atom. The molecule has 1 saturated carbocycles. The number of ether oxygens (including phenoxy) is 1. The van der Waals surface area contributed by atoms with Gasteiger partial charge in [-0.15, -0.1) is 0 Å². The average molecular weight is 404 g/mol. The second kappa shape index (κ2) is 11.2. The van der Waals surface area contributed by atoms with Gasteiger partial charge >= 0.3 is 0 Å². The third kappa shape index (κ3) is 10.3. The summed E-state index contributed by atoms with van der Waals surface area (Å²) in [5.74, 6) is 1.03. The number of hydrogen-bond donors (Lipinski definition) is 2. The maximum Gasteiger partial charge on any atom is 0.191 e. The van der Waals surface area contributed by atoms with Crippen molar-refractivity contribution < 1.29 is 13.2 Å². The van der Waals surface area contributed by atoms with Gasteiger partial charge in [-0.05, 0) is 50.4 Å². The van der Waals surface area contributed by atoms with Crippen molar-refractivity contribution in [1.82, 2.24) is 10.6 Å². The van der Waals surface area contributed by atoms with Crippen molar-refractivity contribution in [1.29, 1.82) is 0 Å². The molecule has 2 N–H and O–H groups in total. The number of rotatable bonds is 12. The number of nitrogens with one attached hydrogen (secondary N) is 2. The zero-order chi connectivity index (χ0) is 20.4. The van der Waals surface area contributed by atoms with Crippen LogP contribution in [0.3, 0.4) is 0 Å². The first-order chi connectivity index (χ1) is 12.6. The van der Waals surface area contributed by atoms with Crippen molar-refractivity contribution in [3.8, 4) is 0 Å². The minimum atomic E-state index is -2.94. The number of nitrogens with zero attached hydrogens (tertiary/aromatic N) is 1. The molecule has 0 aliphatic heterocycles. The van der Waals surface area contributed by atoms with E-state index in [1.54, 1.807) is 0 Å². The lowest BCUT2D eigenvalue weighted by atomic mass is 9.83. The monoisotopic (exact) mass is 403 g/mol. The molecule has 0 radical (unpaired) electrons. The lowest BCUT2D eigenvalue weighted by molar-refractivity contribution is 0.105. The Bertz CT molecular complexity index is 553. The van der Waals surface area contributed by atoms with E-state index in [1.165, 1.54) is 31.9 Å². The van der Waals surface area contributed by atoms with Crippen LogP contribution in [-0.4, -0.2) is 59.2 Å². The molecule has 160 valence electrons. The molecule has 0 aromatic rings. The van der Waals surface area contributed by atoms with Gasteiger partial charge in [-0.2, -0.15) is 0 Å². The molecular weight excluding hydrogens is 362 g/mol. The second-order valence-corrected chi connectivity index (χ2v) is 11.0. The highest BCUT2D eigenvalue weighted by Crippen LogP contribution is 2.40. The summed E-state index contributed by atoms with van der Waals surface area (Å²) in [6, 6.07) is 0. The third-order valence-electron chi connectivity index (χ3n) is 5.43. The fourth-order valence-electron chi connectivity index (χ4n) is 3.52.